The van der Waals surface area contributed by atoms with Crippen LogP contribution in [-0.4, -0.2) is 13.4 Å². The number of aromatic nitrogens is 1. The zero-order chi connectivity index (χ0) is 14.8. The standard InChI is InChI=1S/C15H17NO3S/c1-11-4-6-15(7-5-11)20(17,18)19-10-14-8-12(2)13(3)16-9-14/h4-9H,10H2,1-3H3. The summed E-state index contributed by atoms with van der Waals surface area (Å²) in [5.74, 6) is 0. The molecular weight excluding hydrogens is 274 g/mol. The van der Waals surface area contributed by atoms with Crippen molar-refractivity contribution >= 4 is 10.1 Å². The number of hydrogen-bond acceptors (Lipinski definition) is 4. The van der Waals surface area contributed by atoms with Gasteiger partial charge in [-0.25, -0.2) is 0 Å². The normalized spacial score (nSPS) is 11.6. The lowest BCUT2D eigenvalue weighted by atomic mass is 10.2. The van der Waals surface area contributed by atoms with Crippen molar-refractivity contribution in [1.82, 2.24) is 4.98 Å². The van der Waals surface area contributed by atoms with Crippen LogP contribution < -0.4 is 0 Å². The summed E-state index contributed by atoms with van der Waals surface area (Å²) in [6.45, 7) is 5.73. The van der Waals surface area contributed by atoms with Crippen LogP contribution in [0.2, 0.25) is 0 Å². The summed E-state index contributed by atoms with van der Waals surface area (Å²) in [5, 5.41) is 0. The minimum Gasteiger partial charge on any atom is -0.261 e. The molecule has 0 aliphatic heterocycles. The van der Waals surface area contributed by atoms with Gasteiger partial charge in [-0.3, -0.25) is 9.17 Å². The smallest absolute Gasteiger partial charge is 0.261 e. The van der Waals surface area contributed by atoms with Crippen LogP contribution in [0.15, 0.2) is 41.4 Å². The highest BCUT2D eigenvalue weighted by atomic mass is 32.2. The van der Waals surface area contributed by atoms with Gasteiger partial charge >= 0.3 is 0 Å². The van der Waals surface area contributed by atoms with Gasteiger partial charge in [0.2, 0.25) is 0 Å². The van der Waals surface area contributed by atoms with Gasteiger partial charge in [0, 0.05) is 11.9 Å². The molecule has 106 valence electrons. The lowest BCUT2D eigenvalue weighted by molar-refractivity contribution is 0.307. The zero-order valence-electron chi connectivity index (χ0n) is 11.8. The first kappa shape index (κ1) is 14.7. The molecule has 0 spiro atoms. The fourth-order valence-corrected chi connectivity index (χ4v) is 2.60. The van der Waals surface area contributed by atoms with E-state index in [1.807, 2.05) is 26.8 Å². The first-order valence-corrected chi connectivity index (χ1v) is 7.67. The Morgan fingerprint density at radius 3 is 2.35 bits per heavy atom. The van der Waals surface area contributed by atoms with Crippen molar-refractivity contribution < 1.29 is 12.6 Å². The lowest BCUT2D eigenvalue weighted by Gasteiger charge is -2.07. The van der Waals surface area contributed by atoms with E-state index in [4.69, 9.17) is 4.18 Å². The molecule has 4 nitrogen and oxygen atoms in total. The maximum Gasteiger partial charge on any atom is 0.297 e. The molecule has 1 aromatic heterocycles. The fraction of sp³-hybridized carbons (Fsp3) is 0.267. The number of nitrogens with zero attached hydrogens (tertiary/aromatic N) is 1. The number of rotatable bonds is 4. The predicted molar refractivity (Wildman–Crippen MR) is 76.9 cm³/mol. The van der Waals surface area contributed by atoms with Crippen molar-refractivity contribution in [2.45, 2.75) is 32.3 Å². The first-order chi connectivity index (χ1) is 9.38. The van der Waals surface area contributed by atoms with Gasteiger partial charge in [0.1, 0.15) is 0 Å². The Hall–Kier alpha value is -1.72. The Morgan fingerprint density at radius 1 is 1.10 bits per heavy atom. The van der Waals surface area contributed by atoms with Crippen molar-refractivity contribution in [3.05, 3.63) is 58.9 Å². The van der Waals surface area contributed by atoms with Crippen LogP contribution in [0.3, 0.4) is 0 Å². The summed E-state index contributed by atoms with van der Waals surface area (Å²) < 4.78 is 29.1. The summed E-state index contributed by atoms with van der Waals surface area (Å²) >= 11 is 0. The highest BCUT2D eigenvalue weighted by Gasteiger charge is 2.15. The molecule has 0 amide bonds. The molecule has 2 aromatic rings. The van der Waals surface area contributed by atoms with Gasteiger partial charge in [-0.1, -0.05) is 23.8 Å². The number of pyridine rings is 1. The Kier molecular flexibility index (Phi) is 4.20. The van der Waals surface area contributed by atoms with E-state index < -0.39 is 10.1 Å². The average Bonchev–Trinajstić information content (AvgIpc) is 2.41. The summed E-state index contributed by atoms with van der Waals surface area (Å²) in [6, 6.07) is 8.46. The van der Waals surface area contributed by atoms with E-state index in [-0.39, 0.29) is 11.5 Å². The van der Waals surface area contributed by atoms with Gasteiger partial charge in [0.15, 0.2) is 0 Å². The Bertz CT molecular complexity index is 706. The molecule has 1 aromatic carbocycles. The summed E-state index contributed by atoms with van der Waals surface area (Å²) in [4.78, 5) is 4.36. The Morgan fingerprint density at radius 2 is 1.75 bits per heavy atom. The van der Waals surface area contributed by atoms with Crippen LogP contribution >= 0.6 is 0 Å². The quantitative estimate of drug-likeness (QED) is 0.813. The van der Waals surface area contributed by atoms with Gasteiger partial charge < -0.3 is 0 Å². The molecule has 0 saturated carbocycles. The van der Waals surface area contributed by atoms with E-state index in [2.05, 4.69) is 4.98 Å². The van der Waals surface area contributed by atoms with E-state index in [0.717, 1.165) is 22.4 Å². The average molecular weight is 291 g/mol. The SMILES string of the molecule is Cc1ccc(S(=O)(=O)OCc2cnc(C)c(C)c2)cc1. The van der Waals surface area contributed by atoms with Crippen LogP contribution in [0, 0.1) is 20.8 Å². The molecule has 0 bridgehead atoms. The highest BCUT2D eigenvalue weighted by molar-refractivity contribution is 7.86. The van der Waals surface area contributed by atoms with Crippen LogP contribution in [0.1, 0.15) is 22.4 Å². The van der Waals surface area contributed by atoms with Crippen LogP contribution in [0.5, 0.6) is 0 Å². The Labute approximate surface area is 119 Å². The monoisotopic (exact) mass is 291 g/mol. The molecule has 0 aliphatic rings. The van der Waals surface area contributed by atoms with Crippen molar-refractivity contribution in [1.29, 1.82) is 0 Å². The Balaban J connectivity index is 2.13. The highest BCUT2D eigenvalue weighted by Crippen LogP contribution is 2.16. The van der Waals surface area contributed by atoms with E-state index in [1.165, 1.54) is 0 Å². The minimum absolute atomic E-state index is 0.00959. The summed E-state index contributed by atoms with van der Waals surface area (Å²) in [6.07, 6.45) is 1.63. The molecule has 20 heavy (non-hydrogen) atoms. The van der Waals surface area contributed by atoms with Crippen LogP contribution in [-0.2, 0) is 20.9 Å². The van der Waals surface area contributed by atoms with Gasteiger partial charge in [0.05, 0.1) is 11.5 Å². The second-order valence-corrected chi connectivity index (χ2v) is 6.39. The maximum atomic E-state index is 12.0. The summed E-state index contributed by atoms with van der Waals surface area (Å²) in [5.41, 5.74) is 3.68. The third-order valence-corrected chi connectivity index (χ3v) is 4.36. The molecule has 1 heterocycles. The van der Waals surface area contributed by atoms with Crippen molar-refractivity contribution in [3.8, 4) is 0 Å². The molecular formula is C15H17NO3S. The first-order valence-electron chi connectivity index (χ1n) is 6.27. The number of hydrogen-bond donors (Lipinski definition) is 0. The number of aryl methyl sites for hydroxylation is 3. The van der Waals surface area contributed by atoms with Crippen molar-refractivity contribution in [3.63, 3.8) is 0 Å². The second-order valence-electron chi connectivity index (χ2n) is 4.78. The molecule has 0 radical (unpaired) electrons. The predicted octanol–water partition coefficient (Wildman–Crippen LogP) is 2.91. The minimum atomic E-state index is -3.73. The molecule has 2 rings (SSSR count). The van der Waals surface area contributed by atoms with Crippen molar-refractivity contribution in [2.75, 3.05) is 0 Å². The topological polar surface area (TPSA) is 56.3 Å². The largest absolute Gasteiger partial charge is 0.297 e. The molecule has 0 N–H and O–H groups in total. The molecule has 0 saturated heterocycles. The number of benzene rings is 1. The second kappa shape index (κ2) is 5.73. The maximum absolute atomic E-state index is 12.0. The molecule has 5 heteroatoms. The molecule has 0 unspecified atom stereocenters. The lowest BCUT2D eigenvalue weighted by Crippen LogP contribution is -2.07. The molecule has 0 atom stereocenters. The van der Waals surface area contributed by atoms with Crippen molar-refractivity contribution in [2.24, 2.45) is 0 Å². The third-order valence-electron chi connectivity index (χ3n) is 3.09. The molecule has 0 aliphatic carbocycles. The van der Waals surface area contributed by atoms with E-state index in [9.17, 15) is 8.42 Å². The third kappa shape index (κ3) is 3.43. The van der Waals surface area contributed by atoms with Gasteiger partial charge in [-0.15, -0.1) is 0 Å². The van der Waals surface area contributed by atoms with Crippen LogP contribution in [0.4, 0.5) is 0 Å². The zero-order valence-corrected chi connectivity index (χ0v) is 12.6. The fourth-order valence-electron chi connectivity index (χ4n) is 1.70. The van der Waals surface area contributed by atoms with Gasteiger partial charge in [-0.05, 0) is 44.0 Å². The summed E-state index contributed by atoms with van der Waals surface area (Å²) in [7, 11) is -3.73. The van der Waals surface area contributed by atoms with E-state index >= 15 is 0 Å². The van der Waals surface area contributed by atoms with Gasteiger partial charge in [0.25, 0.3) is 10.1 Å². The van der Waals surface area contributed by atoms with E-state index in [1.54, 1.807) is 30.5 Å². The van der Waals surface area contributed by atoms with Gasteiger partial charge in [-0.2, -0.15) is 8.42 Å². The van der Waals surface area contributed by atoms with E-state index in [0.29, 0.717) is 0 Å². The molecule has 0 fully saturated rings. The van der Waals surface area contributed by atoms with Crippen LogP contribution in [0.25, 0.3) is 0 Å².